The van der Waals surface area contributed by atoms with Crippen molar-refractivity contribution in [3.63, 3.8) is 0 Å². The predicted octanol–water partition coefficient (Wildman–Crippen LogP) is 5.12. The summed E-state index contributed by atoms with van der Waals surface area (Å²) in [6.45, 7) is 7.10. The third-order valence-electron chi connectivity index (χ3n) is 6.27. The lowest BCUT2D eigenvalue weighted by Crippen LogP contribution is -2.36. The second kappa shape index (κ2) is 12.7. The van der Waals surface area contributed by atoms with Gasteiger partial charge in [-0.25, -0.2) is 0 Å². The molecule has 1 aromatic heterocycles. The number of ether oxygens (including phenoxy) is 1. The number of anilines is 1. The van der Waals surface area contributed by atoms with Crippen LogP contribution in [-0.2, 0) is 17.9 Å². The maximum atomic E-state index is 10.7. The minimum atomic E-state index is -0.561. The van der Waals surface area contributed by atoms with Gasteiger partial charge in [0.15, 0.2) is 0 Å². The fraction of sp³-hybridized carbons (Fsp3) is 0.464. The van der Waals surface area contributed by atoms with Gasteiger partial charge in [-0.2, -0.15) is 0 Å². The largest absolute Gasteiger partial charge is 0.389 e. The lowest BCUT2D eigenvalue weighted by Gasteiger charge is -2.29. The van der Waals surface area contributed by atoms with Gasteiger partial charge in [0.05, 0.1) is 24.9 Å². The lowest BCUT2D eigenvalue weighted by atomic mass is 10.1. The first-order valence-corrected chi connectivity index (χ1v) is 12.6. The van der Waals surface area contributed by atoms with Gasteiger partial charge >= 0.3 is 0 Å². The molecule has 1 aliphatic heterocycles. The Kier molecular flexibility index (Phi) is 9.13. The number of nitrogens with zero attached hydrogens (tertiary/aromatic N) is 3. The number of aromatic nitrogens is 1. The number of aliphatic hydroxyl groups excluding tert-OH is 1. The van der Waals surface area contributed by atoms with Crippen molar-refractivity contribution in [2.24, 2.45) is 0 Å². The molecule has 6 heteroatoms. The van der Waals surface area contributed by atoms with Crippen molar-refractivity contribution in [1.82, 2.24) is 10.1 Å². The summed E-state index contributed by atoms with van der Waals surface area (Å²) >= 11 is 0. The Bertz CT molecular complexity index is 971. The van der Waals surface area contributed by atoms with E-state index in [1.54, 1.807) is 0 Å². The summed E-state index contributed by atoms with van der Waals surface area (Å²) in [7, 11) is 0. The molecule has 6 nitrogen and oxygen atoms in total. The van der Waals surface area contributed by atoms with E-state index in [1.807, 2.05) is 48.5 Å². The molecule has 1 N–H and O–H groups in total. The molecule has 1 saturated heterocycles. The molecule has 0 saturated carbocycles. The number of piperidine rings is 1. The smallest absolute Gasteiger partial charge is 0.232 e. The molecule has 0 aliphatic carbocycles. The Balaban J connectivity index is 1.46. The zero-order valence-corrected chi connectivity index (χ0v) is 20.2. The molecule has 4 rings (SSSR count). The number of rotatable bonds is 12. The van der Waals surface area contributed by atoms with Crippen molar-refractivity contribution in [1.29, 1.82) is 0 Å². The van der Waals surface area contributed by atoms with Gasteiger partial charge in [-0.3, -0.25) is 4.90 Å². The number of hydrogen-bond acceptors (Lipinski definition) is 6. The summed E-state index contributed by atoms with van der Waals surface area (Å²) in [5, 5.41) is 15.2. The Morgan fingerprint density at radius 2 is 1.74 bits per heavy atom. The van der Waals surface area contributed by atoms with E-state index in [4.69, 9.17) is 9.26 Å². The van der Waals surface area contributed by atoms with Crippen LogP contribution in [0.25, 0.3) is 11.3 Å². The number of benzene rings is 2. The molecule has 0 spiro atoms. The van der Waals surface area contributed by atoms with E-state index in [1.165, 1.54) is 19.3 Å². The third kappa shape index (κ3) is 6.69. The van der Waals surface area contributed by atoms with Crippen molar-refractivity contribution >= 4 is 5.88 Å². The molecule has 1 fully saturated rings. The van der Waals surface area contributed by atoms with E-state index >= 15 is 0 Å². The fourth-order valence-corrected chi connectivity index (χ4v) is 4.62. The lowest BCUT2D eigenvalue weighted by molar-refractivity contribution is 0.00858. The first-order valence-electron chi connectivity index (χ1n) is 12.6. The average Bonchev–Trinajstić information content (AvgIpc) is 3.29. The van der Waals surface area contributed by atoms with Gasteiger partial charge in [-0.15, -0.1) is 0 Å². The van der Waals surface area contributed by atoms with Crippen LogP contribution in [0, 0.1) is 0 Å². The van der Waals surface area contributed by atoms with E-state index in [0.717, 1.165) is 54.3 Å². The van der Waals surface area contributed by atoms with E-state index in [9.17, 15) is 5.11 Å². The first-order chi connectivity index (χ1) is 16.7. The summed E-state index contributed by atoms with van der Waals surface area (Å²) in [4.78, 5) is 4.63. The fourth-order valence-electron chi connectivity index (χ4n) is 4.62. The van der Waals surface area contributed by atoms with Crippen LogP contribution in [0.3, 0.4) is 0 Å². The predicted molar refractivity (Wildman–Crippen MR) is 136 cm³/mol. The molecular formula is C28H37N3O3. The zero-order valence-electron chi connectivity index (χ0n) is 20.2. The van der Waals surface area contributed by atoms with Crippen LogP contribution in [-0.4, -0.2) is 54.1 Å². The van der Waals surface area contributed by atoms with Crippen LogP contribution in [0.4, 0.5) is 5.88 Å². The summed E-state index contributed by atoms with van der Waals surface area (Å²) in [6, 6.07) is 20.3. The van der Waals surface area contributed by atoms with Crippen LogP contribution in [0.15, 0.2) is 65.2 Å². The SMILES string of the molecule is CCCN(Cc1c(-c2ccccc2)noc1N1CCCCC1)C[C@H](O)COCc1ccccc1. The number of hydrogen-bond donors (Lipinski definition) is 1. The van der Waals surface area contributed by atoms with Crippen LogP contribution < -0.4 is 4.90 Å². The van der Waals surface area contributed by atoms with Crippen molar-refractivity contribution < 1.29 is 14.4 Å². The van der Waals surface area contributed by atoms with Gasteiger partial charge in [0, 0.05) is 31.7 Å². The summed E-state index contributed by atoms with van der Waals surface area (Å²) in [5.74, 6) is 0.884. The molecule has 3 aromatic rings. The van der Waals surface area contributed by atoms with E-state index in [2.05, 4.69) is 34.0 Å². The molecule has 0 amide bonds. The summed E-state index contributed by atoms with van der Waals surface area (Å²) < 4.78 is 11.7. The Morgan fingerprint density at radius 3 is 2.44 bits per heavy atom. The Labute approximate surface area is 203 Å². The second-order valence-electron chi connectivity index (χ2n) is 9.12. The van der Waals surface area contributed by atoms with Crippen molar-refractivity contribution in [2.75, 3.05) is 37.7 Å². The standard InChI is InChI=1S/C28H37N3O3/c1-2-16-30(19-25(32)22-33-21-23-12-6-3-7-13-23)20-26-27(24-14-8-4-9-15-24)29-34-28(26)31-17-10-5-11-18-31/h3-4,6-9,12-15,25,32H,2,5,10-11,16-22H2,1H3/t25-/m0/s1. The van der Waals surface area contributed by atoms with Crippen LogP contribution in [0.1, 0.15) is 43.7 Å². The van der Waals surface area contributed by atoms with Crippen LogP contribution in [0.5, 0.6) is 0 Å². The van der Waals surface area contributed by atoms with Crippen molar-refractivity contribution in [2.45, 2.75) is 51.9 Å². The molecule has 1 atom stereocenters. The highest BCUT2D eigenvalue weighted by molar-refractivity contribution is 5.68. The summed E-state index contributed by atoms with van der Waals surface area (Å²) in [5.41, 5.74) is 4.19. The second-order valence-corrected chi connectivity index (χ2v) is 9.12. The zero-order chi connectivity index (χ0) is 23.6. The maximum absolute atomic E-state index is 10.7. The molecule has 182 valence electrons. The van der Waals surface area contributed by atoms with Crippen LogP contribution in [0.2, 0.25) is 0 Å². The Hall–Kier alpha value is -2.67. The van der Waals surface area contributed by atoms with Gasteiger partial charge in [0.1, 0.15) is 5.69 Å². The molecule has 0 bridgehead atoms. The minimum Gasteiger partial charge on any atom is -0.389 e. The molecule has 2 aromatic carbocycles. The maximum Gasteiger partial charge on any atom is 0.232 e. The van der Waals surface area contributed by atoms with Gasteiger partial charge in [0.2, 0.25) is 5.88 Å². The highest BCUT2D eigenvalue weighted by Gasteiger charge is 2.26. The normalized spacial score (nSPS) is 15.1. The van der Waals surface area contributed by atoms with Gasteiger partial charge in [-0.05, 0) is 37.8 Å². The number of aliphatic hydroxyl groups is 1. The van der Waals surface area contributed by atoms with Crippen LogP contribution >= 0.6 is 0 Å². The molecule has 2 heterocycles. The quantitative estimate of drug-likeness (QED) is 0.402. The van der Waals surface area contributed by atoms with Crippen molar-refractivity contribution in [3.8, 4) is 11.3 Å². The highest BCUT2D eigenvalue weighted by Crippen LogP contribution is 2.34. The minimum absolute atomic E-state index is 0.309. The van der Waals surface area contributed by atoms with E-state index in [-0.39, 0.29) is 0 Å². The first kappa shape index (κ1) is 24.5. The van der Waals surface area contributed by atoms with E-state index in [0.29, 0.717) is 26.3 Å². The van der Waals surface area contributed by atoms with Gasteiger partial charge in [0.25, 0.3) is 0 Å². The highest BCUT2D eigenvalue weighted by atomic mass is 16.5. The van der Waals surface area contributed by atoms with E-state index < -0.39 is 6.10 Å². The van der Waals surface area contributed by atoms with Crippen molar-refractivity contribution in [3.05, 3.63) is 71.8 Å². The molecule has 0 radical (unpaired) electrons. The molecule has 34 heavy (non-hydrogen) atoms. The van der Waals surface area contributed by atoms with Gasteiger partial charge in [-0.1, -0.05) is 72.7 Å². The molecule has 0 unspecified atom stereocenters. The third-order valence-corrected chi connectivity index (χ3v) is 6.27. The average molecular weight is 464 g/mol. The summed E-state index contributed by atoms with van der Waals surface area (Å²) in [6.07, 6.45) is 4.06. The molecule has 1 aliphatic rings. The monoisotopic (exact) mass is 463 g/mol. The molecular weight excluding hydrogens is 426 g/mol. The topological polar surface area (TPSA) is 62.0 Å². The Morgan fingerprint density at radius 1 is 1.03 bits per heavy atom. The van der Waals surface area contributed by atoms with Gasteiger partial charge < -0.3 is 19.3 Å².